The highest BCUT2D eigenvalue weighted by Crippen LogP contribution is 2.44. The first-order valence-corrected chi connectivity index (χ1v) is 15.1. The highest BCUT2D eigenvalue weighted by molar-refractivity contribution is 7.17. The first-order chi connectivity index (χ1) is 20.7. The molecule has 0 saturated carbocycles. The Morgan fingerprint density at radius 3 is 2.58 bits per heavy atom. The second kappa shape index (κ2) is 12.4. The van der Waals surface area contributed by atoms with Crippen LogP contribution < -0.4 is 9.64 Å². The van der Waals surface area contributed by atoms with Gasteiger partial charge in [0.2, 0.25) is 0 Å². The summed E-state index contributed by atoms with van der Waals surface area (Å²) in [6.45, 7) is 9.86. The third-order valence-electron chi connectivity index (χ3n) is 7.40. The summed E-state index contributed by atoms with van der Waals surface area (Å²) >= 11 is 0.963. The summed E-state index contributed by atoms with van der Waals surface area (Å²) in [7, 11) is 0. The van der Waals surface area contributed by atoms with E-state index in [1.54, 1.807) is 39.0 Å². The molecule has 0 bridgehead atoms. The Bertz CT molecular complexity index is 1750. The minimum absolute atomic E-state index is 0.122. The maximum atomic E-state index is 13.7. The van der Waals surface area contributed by atoms with Crippen LogP contribution in [-0.4, -0.2) is 50.3 Å². The van der Waals surface area contributed by atoms with E-state index in [4.69, 9.17) is 9.47 Å². The summed E-state index contributed by atoms with van der Waals surface area (Å²) in [5.41, 5.74) is 3.12. The van der Waals surface area contributed by atoms with Gasteiger partial charge in [-0.05, 0) is 63.4 Å². The number of fused-ring (bicyclic) bond motifs is 1. The van der Waals surface area contributed by atoms with Crippen molar-refractivity contribution in [3.63, 3.8) is 0 Å². The molecule has 1 N–H and O–H groups in total. The fourth-order valence-electron chi connectivity index (χ4n) is 5.21. The maximum Gasteiger partial charge on any atom is 0.350 e. The highest BCUT2D eigenvalue weighted by Gasteiger charge is 2.49. The minimum atomic E-state index is -1.05. The number of hydrogen-bond donors (Lipinski definition) is 1. The molecule has 224 valence electrons. The topological polar surface area (TPSA) is 123 Å². The standard InChI is InChI=1S/C32H34N4O6S/c1-6-8-9-16-42-22-14-10-13-21(17-22)25-23(26(37)24-20(5)35-15-11-12-18(3)29(35)34-24)27(38)30(39)36(25)32-33-19(4)28(43-32)31(40)41-7-2/h10-15,17,25,37H,6-9,16H2,1-5H3/b26-23+. The number of ketones is 1. The van der Waals surface area contributed by atoms with Gasteiger partial charge in [0.25, 0.3) is 5.78 Å². The number of Topliss-reactive ketones (excluding diaryl/α,β-unsaturated/α-hetero) is 1. The van der Waals surface area contributed by atoms with Crippen LogP contribution in [0.5, 0.6) is 5.75 Å². The third-order valence-corrected chi connectivity index (χ3v) is 8.53. The largest absolute Gasteiger partial charge is 0.505 e. The molecule has 1 aliphatic rings. The van der Waals surface area contributed by atoms with Gasteiger partial charge in [-0.15, -0.1) is 0 Å². The van der Waals surface area contributed by atoms with Crippen LogP contribution >= 0.6 is 11.3 Å². The number of nitrogens with zero attached hydrogens (tertiary/aromatic N) is 4. The van der Waals surface area contributed by atoms with Crippen molar-refractivity contribution in [1.29, 1.82) is 0 Å². The number of unbranched alkanes of at least 4 members (excludes halogenated alkanes) is 2. The summed E-state index contributed by atoms with van der Waals surface area (Å²) in [6.07, 6.45) is 4.80. The highest BCUT2D eigenvalue weighted by atomic mass is 32.1. The zero-order valence-electron chi connectivity index (χ0n) is 24.8. The fourth-order valence-corrected chi connectivity index (χ4v) is 6.19. The average Bonchev–Trinajstić information content (AvgIpc) is 3.63. The lowest BCUT2D eigenvalue weighted by atomic mass is 9.96. The van der Waals surface area contributed by atoms with Gasteiger partial charge in [-0.1, -0.05) is 49.3 Å². The normalized spacial score (nSPS) is 16.3. The summed E-state index contributed by atoms with van der Waals surface area (Å²) in [6, 6.07) is 9.84. The summed E-state index contributed by atoms with van der Waals surface area (Å²) in [4.78, 5) is 50.7. The monoisotopic (exact) mass is 602 g/mol. The zero-order chi connectivity index (χ0) is 30.8. The van der Waals surface area contributed by atoms with E-state index < -0.39 is 23.7 Å². The molecule has 1 saturated heterocycles. The molecule has 3 aromatic heterocycles. The van der Waals surface area contributed by atoms with Crippen molar-refractivity contribution in [2.24, 2.45) is 0 Å². The maximum absolute atomic E-state index is 13.7. The van der Waals surface area contributed by atoms with Crippen LogP contribution in [0.15, 0.2) is 48.2 Å². The Morgan fingerprint density at radius 1 is 1.07 bits per heavy atom. The number of aromatic nitrogens is 3. The molecular formula is C32H34N4O6S. The van der Waals surface area contributed by atoms with E-state index in [1.807, 2.05) is 35.7 Å². The molecule has 1 fully saturated rings. The van der Waals surface area contributed by atoms with Crippen LogP contribution in [0.1, 0.15) is 77.0 Å². The number of imidazole rings is 1. The molecule has 1 atom stereocenters. The van der Waals surface area contributed by atoms with Gasteiger partial charge in [0.1, 0.15) is 22.0 Å². The fraction of sp³-hybridized carbons (Fsp3) is 0.344. The van der Waals surface area contributed by atoms with Crippen LogP contribution in [-0.2, 0) is 14.3 Å². The number of aliphatic hydroxyl groups is 1. The van der Waals surface area contributed by atoms with Gasteiger partial charge in [-0.3, -0.25) is 14.5 Å². The van der Waals surface area contributed by atoms with Crippen molar-refractivity contribution >= 4 is 45.5 Å². The number of hydrogen-bond acceptors (Lipinski definition) is 9. The van der Waals surface area contributed by atoms with Crippen LogP contribution in [0, 0.1) is 20.8 Å². The quantitative estimate of drug-likeness (QED) is 0.0761. The molecule has 1 amide bonds. The molecule has 0 aliphatic carbocycles. The molecule has 43 heavy (non-hydrogen) atoms. The second-order valence-electron chi connectivity index (χ2n) is 10.4. The number of ether oxygens (including phenoxy) is 2. The van der Waals surface area contributed by atoms with E-state index in [0.717, 1.165) is 36.2 Å². The predicted molar refractivity (Wildman–Crippen MR) is 164 cm³/mol. The lowest BCUT2D eigenvalue weighted by Gasteiger charge is -2.23. The number of aryl methyl sites for hydroxylation is 3. The lowest BCUT2D eigenvalue weighted by molar-refractivity contribution is -0.132. The van der Waals surface area contributed by atoms with E-state index in [2.05, 4.69) is 16.9 Å². The number of carbonyl (C=O) groups excluding carboxylic acids is 3. The first-order valence-electron chi connectivity index (χ1n) is 14.3. The number of rotatable bonds is 10. The van der Waals surface area contributed by atoms with Gasteiger partial charge in [0.05, 0.1) is 36.2 Å². The zero-order valence-corrected chi connectivity index (χ0v) is 25.7. The Morgan fingerprint density at radius 2 is 1.86 bits per heavy atom. The molecule has 5 rings (SSSR count). The lowest BCUT2D eigenvalue weighted by Crippen LogP contribution is -2.29. The van der Waals surface area contributed by atoms with Crippen molar-refractivity contribution in [1.82, 2.24) is 14.4 Å². The molecule has 1 aromatic carbocycles. The van der Waals surface area contributed by atoms with Crippen LogP contribution in [0.4, 0.5) is 5.13 Å². The average molecular weight is 603 g/mol. The molecule has 1 unspecified atom stereocenters. The SMILES string of the molecule is CCCCCOc1cccc(C2/C(=C(\O)c3nc4c(C)cccn4c3C)C(=O)C(=O)N2c2nc(C)c(C(=O)OCC)s2)c1. The number of aliphatic hydroxyl groups excluding tert-OH is 1. The predicted octanol–water partition coefficient (Wildman–Crippen LogP) is 6.09. The number of esters is 1. The van der Waals surface area contributed by atoms with E-state index in [1.165, 1.54) is 4.90 Å². The number of thiazole rings is 1. The summed E-state index contributed by atoms with van der Waals surface area (Å²) in [5.74, 6) is -2.13. The molecular weight excluding hydrogens is 568 g/mol. The smallest absolute Gasteiger partial charge is 0.350 e. The molecule has 4 heterocycles. The van der Waals surface area contributed by atoms with Crippen molar-refractivity contribution < 1.29 is 29.0 Å². The molecule has 1 aliphatic heterocycles. The molecule has 11 heteroatoms. The van der Waals surface area contributed by atoms with Gasteiger partial charge in [0.15, 0.2) is 10.9 Å². The second-order valence-corrected chi connectivity index (χ2v) is 11.3. The van der Waals surface area contributed by atoms with Gasteiger partial charge < -0.3 is 19.0 Å². The molecule has 0 spiro atoms. The van der Waals surface area contributed by atoms with Gasteiger partial charge in [0, 0.05) is 6.20 Å². The van der Waals surface area contributed by atoms with Crippen molar-refractivity contribution in [3.8, 4) is 5.75 Å². The number of carbonyl (C=O) groups is 3. The Kier molecular flexibility index (Phi) is 8.63. The Balaban J connectivity index is 1.68. The summed E-state index contributed by atoms with van der Waals surface area (Å²) < 4.78 is 13.0. The van der Waals surface area contributed by atoms with Gasteiger partial charge >= 0.3 is 11.9 Å². The number of benzene rings is 1. The number of amides is 1. The number of pyridine rings is 1. The van der Waals surface area contributed by atoms with E-state index >= 15 is 0 Å². The van der Waals surface area contributed by atoms with Crippen molar-refractivity contribution in [3.05, 3.63) is 81.3 Å². The van der Waals surface area contributed by atoms with Crippen LogP contribution in [0.2, 0.25) is 0 Å². The third kappa shape index (κ3) is 5.52. The Hall–Kier alpha value is -4.51. The molecule has 10 nitrogen and oxygen atoms in total. The van der Waals surface area contributed by atoms with E-state index in [9.17, 15) is 19.5 Å². The molecule has 4 aromatic rings. The summed E-state index contributed by atoms with van der Waals surface area (Å²) in [5, 5.41) is 11.9. The van der Waals surface area contributed by atoms with Crippen LogP contribution in [0.25, 0.3) is 11.4 Å². The minimum Gasteiger partial charge on any atom is -0.505 e. The van der Waals surface area contributed by atoms with Gasteiger partial charge in [-0.2, -0.15) is 0 Å². The van der Waals surface area contributed by atoms with Crippen LogP contribution in [0.3, 0.4) is 0 Å². The van der Waals surface area contributed by atoms with E-state index in [-0.39, 0.29) is 33.6 Å². The molecule has 0 radical (unpaired) electrons. The van der Waals surface area contributed by atoms with Crippen molar-refractivity contribution in [2.45, 2.75) is 59.9 Å². The van der Waals surface area contributed by atoms with Gasteiger partial charge in [-0.25, -0.2) is 14.8 Å². The number of anilines is 1. The Labute approximate surface area is 253 Å². The van der Waals surface area contributed by atoms with E-state index in [0.29, 0.717) is 35.0 Å². The first kappa shape index (κ1) is 30.0. The van der Waals surface area contributed by atoms with Crippen molar-refractivity contribution in [2.75, 3.05) is 18.1 Å².